The van der Waals surface area contributed by atoms with Crippen LogP contribution >= 0.6 is 27.7 Å². The molecular formula is C11H9BrN2S. The molecule has 2 aromatic rings. The molecule has 0 unspecified atom stereocenters. The Balaban J connectivity index is 2.10. The Morgan fingerprint density at radius 2 is 2.20 bits per heavy atom. The van der Waals surface area contributed by atoms with Crippen molar-refractivity contribution in [3.05, 3.63) is 34.9 Å². The van der Waals surface area contributed by atoms with Gasteiger partial charge in [0, 0.05) is 28.5 Å². The Kier molecular flexibility index (Phi) is 2.33. The van der Waals surface area contributed by atoms with E-state index in [0.29, 0.717) is 0 Å². The Labute approximate surface area is 101 Å². The number of rotatable bonds is 1. The van der Waals surface area contributed by atoms with Gasteiger partial charge in [0.2, 0.25) is 0 Å². The van der Waals surface area contributed by atoms with E-state index in [-0.39, 0.29) is 0 Å². The molecular weight excluding hydrogens is 272 g/mol. The molecule has 0 amide bonds. The van der Waals surface area contributed by atoms with Crippen molar-refractivity contribution >= 4 is 27.7 Å². The van der Waals surface area contributed by atoms with Gasteiger partial charge in [-0.3, -0.25) is 0 Å². The normalized spacial score (nSPS) is 14.2. The van der Waals surface area contributed by atoms with Gasteiger partial charge < -0.3 is 4.57 Å². The molecule has 2 heterocycles. The zero-order valence-electron chi connectivity index (χ0n) is 7.98. The highest BCUT2D eigenvalue weighted by Crippen LogP contribution is 2.32. The molecule has 2 nitrogen and oxygen atoms in total. The molecule has 0 bridgehead atoms. The van der Waals surface area contributed by atoms with Crippen LogP contribution in [-0.2, 0) is 6.54 Å². The number of hydrogen-bond acceptors (Lipinski definition) is 2. The molecule has 1 aliphatic heterocycles. The van der Waals surface area contributed by atoms with Crippen LogP contribution in [0.5, 0.6) is 0 Å². The molecule has 1 aromatic heterocycles. The van der Waals surface area contributed by atoms with Crippen LogP contribution < -0.4 is 0 Å². The lowest BCUT2D eigenvalue weighted by Crippen LogP contribution is -1.89. The number of aromatic nitrogens is 2. The van der Waals surface area contributed by atoms with Gasteiger partial charge >= 0.3 is 0 Å². The number of halogens is 1. The Morgan fingerprint density at radius 3 is 3.00 bits per heavy atom. The van der Waals surface area contributed by atoms with Crippen molar-refractivity contribution in [3.63, 3.8) is 0 Å². The molecule has 15 heavy (non-hydrogen) atoms. The van der Waals surface area contributed by atoms with Crippen LogP contribution in [-0.4, -0.2) is 15.3 Å². The number of nitrogens with zero attached hydrogens (tertiary/aromatic N) is 2. The van der Waals surface area contributed by atoms with Gasteiger partial charge in [0.05, 0.1) is 5.69 Å². The zero-order chi connectivity index (χ0) is 10.3. The summed E-state index contributed by atoms with van der Waals surface area (Å²) in [5.74, 6) is 1.15. The van der Waals surface area contributed by atoms with Crippen LogP contribution in [0.2, 0.25) is 0 Å². The van der Waals surface area contributed by atoms with Crippen molar-refractivity contribution in [2.45, 2.75) is 11.7 Å². The van der Waals surface area contributed by atoms with E-state index in [1.165, 1.54) is 5.56 Å². The lowest BCUT2D eigenvalue weighted by Gasteiger charge is -1.99. The van der Waals surface area contributed by atoms with Crippen LogP contribution in [0.1, 0.15) is 0 Å². The van der Waals surface area contributed by atoms with Crippen LogP contribution in [0.4, 0.5) is 0 Å². The van der Waals surface area contributed by atoms with Crippen molar-refractivity contribution in [3.8, 4) is 11.3 Å². The summed E-state index contributed by atoms with van der Waals surface area (Å²) in [6.07, 6.45) is 2.13. The number of thioether (sulfide) groups is 1. The minimum Gasteiger partial charge on any atom is -0.325 e. The molecule has 0 N–H and O–H groups in total. The first-order chi connectivity index (χ1) is 7.34. The SMILES string of the molecule is Brc1ccccc1-c1cn2c(n1)SCC2. The first-order valence-electron chi connectivity index (χ1n) is 4.79. The predicted molar refractivity (Wildman–Crippen MR) is 66.1 cm³/mol. The summed E-state index contributed by atoms with van der Waals surface area (Å²) in [7, 11) is 0. The summed E-state index contributed by atoms with van der Waals surface area (Å²) >= 11 is 5.38. The standard InChI is InChI=1S/C11H9BrN2S/c12-9-4-2-1-3-8(9)10-7-14-5-6-15-11(14)13-10/h1-4,7H,5-6H2. The molecule has 3 rings (SSSR count). The first kappa shape index (κ1) is 9.48. The maximum Gasteiger partial charge on any atom is 0.168 e. The zero-order valence-corrected chi connectivity index (χ0v) is 10.4. The van der Waals surface area contributed by atoms with Gasteiger partial charge in [-0.25, -0.2) is 4.98 Å². The highest BCUT2D eigenvalue weighted by atomic mass is 79.9. The minimum atomic E-state index is 1.06. The van der Waals surface area contributed by atoms with E-state index in [2.05, 4.69) is 37.7 Å². The van der Waals surface area contributed by atoms with E-state index in [0.717, 1.165) is 27.6 Å². The summed E-state index contributed by atoms with van der Waals surface area (Å²) in [6, 6.07) is 8.20. The number of hydrogen-bond donors (Lipinski definition) is 0. The van der Waals surface area contributed by atoms with Gasteiger partial charge in [-0.1, -0.05) is 45.9 Å². The van der Waals surface area contributed by atoms with E-state index in [1.807, 2.05) is 30.0 Å². The molecule has 0 saturated heterocycles. The number of benzene rings is 1. The van der Waals surface area contributed by atoms with Gasteiger partial charge in [0.15, 0.2) is 5.16 Å². The van der Waals surface area contributed by atoms with Crippen LogP contribution in [0.15, 0.2) is 40.1 Å². The molecule has 0 fully saturated rings. The average Bonchev–Trinajstić information content (AvgIpc) is 2.77. The second-order valence-electron chi connectivity index (χ2n) is 3.43. The van der Waals surface area contributed by atoms with E-state index in [9.17, 15) is 0 Å². The molecule has 1 aromatic carbocycles. The van der Waals surface area contributed by atoms with Crippen LogP contribution in [0, 0.1) is 0 Å². The number of fused-ring (bicyclic) bond motifs is 1. The topological polar surface area (TPSA) is 17.8 Å². The van der Waals surface area contributed by atoms with Gasteiger partial charge in [0.1, 0.15) is 0 Å². The highest BCUT2D eigenvalue weighted by Gasteiger charge is 2.15. The number of imidazole rings is 1. The fraction of sp³-hybridized carbons (Fsp3) is 0.182. The van der Waals surface area contributed by atoms with Crippen molar-refractivity contribution in [1.82, 2.24) is 9.55 Å². The minimum absolute atomic E-state index is 1.06. The monoisotopic (exact) mass is 280 g/mol. The maximum absolute atomic E-state index is 4.62. The molecule has 76 valence electrons. The first-order valence-corrected chi connectivity index (χ1v) is 6.57. The molecule has 0 atom stereocenters. The Bertz CT molecular complexity index is 486. The Morgan fingerprint density at radius 1 is 1.33 bits per heavy atom. The third-order valence-electron chi connectivity index (χ3n) is 2.45. The maximum atomic E-state index is 4.62. The summed E-state index contributed by atoms with van der Waals surface area (Å²) in [5, 5.41) is 1.14. The third-order valence-corrected chi connectivity index (χ3v) is 4.12. The van der Waals surface area contributed by atoms with Gasteiger partial charge in [-0.15, -0.1) is 0 Å². The Hall–Kier alpha value is -0.740. The molecule has 0 spiro atoms. The average molecular weight is 281 g/mol. The molecule has 0 aliphatic carbocycles. The lowest BCUT2D eigenvalue weighted by atomic mass is 10.2. The van der Waals surface area contributed by atoms with E-state index in [4.69, 9.17) is 0 Å². The van der Waals surface area contributed by atoms with Gasteiger partial charge in [-0.05, 0) is 6.07 Å². The van der Waals surface area contributed by atoms with E-state index in [1.54, 1.807) is 0 Å². The summed E-state index contributed by atoms with van der Waals surface area (Å²) in [6.45, 7) is 1.08. The van der Waals surface area contributed by atoms with Gasteiger partial charge in [-0.2, -0.15) is 0 Å². The smallest absolute Gasteiger partial charge is 0.168 e. The lowest BCUT2D eigenvalue weighted by molar-refractivity contribution is 0.719. The quantitative estimate of drug-likeness (QED) is 0.797. The van der Waals surface area contributed by atoms with E-state index < -0.39 is 0 Å². The second-order valence-corrected chi connectivity index (χ2v) is 5.35. The summed E-state index contributed by atoms with van der Waals surface area (Å²) < 4.78 is 3.33. The molecule has 0 radical (unpaired) electrons. The fourth-order valence-corrected chi connectivity index (χ4v) is 3.14. The molecule has 1 aliphatic rings. The summed E-state index contributed by atoms with van der Waals surface area (Å²) in [4.78, 5) is 4.62. The van der Waals surface area contributed by atoms with Crippen molar-refractivity contribution < 1.29 is 0 Å². The third kappa shape index (κ3) is 1.62. The highest BCUT2D eigenvalue weighted by molar-refractivity contribution is 9.10. The van der Waals surface area contributed by atoms with Crippen LogP contribution in [0.3, 0.4) is 0 Å². The molecule has 4 heteroatoms. The summed E-state index contributed by atoms with van der Waals surface area (Å²) in [5.41, 5.74) is 2.23. The van der Waals surface area contributed by atoms with Crippen molar-refractivity contribution in [1.29, 1.82) is 0 Å². The fourth-order valence-electron chi connectivity index (χ4n) is 1.71. The second kappa shape index (κ2) is 3.68. The van der Waals surface area contributed by atoms with Gasteiger partial charge in [0.25, 0.3) is 0 Å². The van der Waals surface area contributed by atoms with Crippen LogP contribution in [0.25, 0.3) is 11.3 Å². The van der Waals surface area contributed by atoms with Crippen molar-refractivity contribution in [2.75, 3.05) is 5.75 Å². The molecule has 0 saturated carbocycles. The largest absolute Gasteiger partial charge is 0.325 e. The number of aryl methyl sites for hydroxylation is 1. The van der Waals surface area contributed by atoms with E-state index >= 15 is 0 Å². The predicted octanol–water partition coefficient (Wildman–Crippen LogP) is 3.42. The van der Waals surface area contributed by atoms with Crippen molar-refractivity contribution in [2.24, 2.45) is 0 Å².